The molecule has 0 amide bonds. The molecule has 0 saturated carbocycles. The minimum atomic E-state index is -0.481. The second-order valence-electron chi connectivity index (χ2n) is 4.16. The number of halogens is 2. The Morgan fingerprint density at radius 3 is 2.75 bits per heavy atom. The lowest BCUT2D eigenvalue weighted by atomic mass is 10.1. The molecule has 7 heteroatoms. The summed E-state index contributed by atoms with van der Waals surface area (Å²) in [6, 6.07) is 7.79. The summed E-state index contributed by atoms with van der Waals surface area (Å²) >= 11 is 12.0. The van der Waals surface area contributed by atoms with E-state index >= 15 is 0 Å². The van der Waals surface area contributed by atoms with Gasteiger partial charge < -0.3 is 5.32 Å². The molecular formula is C13H11Cl2N3O2. The zero-order valence-electron chi connectivity index (χ0n) is 10.5. The van der Waals surface area contributed by atoms with Gasteiger partial charge in [-0.15, -0.1) is 0 Å². The lowest BCUT2D eigenvalue weighted by molar-refractivity contribution is -0.384. The summed E-state index contributed by atoms with van der Waals surface area (Å²) in [6.45, 7) is 1.84. The minimum Gasteiger partial charge on any atom is -0.358 e. The molecule has 1 heterocycles. The summed E-state index contributed by atoms with van der Waals surface area (Å²) in [5.41, 5.74) is 0.709. The molecule has 0 saturated heterocycles. The molecule has 104 valence electrons. The molecule has 0 aliphatic heterocycles. The quantitative estimate of drug-likeness (QED) is 0.668. The lowest BCUT2D eigenvalue weighted by Crippen LogP contribution is -2.10. The molecule has 1 N–H and O–H groups in total. The van der Waals surface area contributed by atoms with E-state index in [4.69, 9.17) is 23.2 Å². The third-order valence-electron chi connectivity index (χ3n) is 2.77. The Kier molecular flexibility index (Phi) is 4.42. The third kappa shape index (κ3) is 3.18. The van der Waals surface area contributed by atoms with Crippen molar-refractivity contribution < 1.29 is 4.92 Å². The Hall–Kier alpha value is -1.85. The molecule has 1 atom stereocenters. The van der Waals surface area contributed by atoms with Crippen LogP contribution in [0.3, 0.4) is 0 Å². The zero-order chi connectivity index (χ0) is 14.7. The highest BCUT2D eigenvalue weighted by atomic mass is 35.5. The maximum atomic E-state index is 10.9. The Morgan fingerprint density at radius 1 is 1.35 bits per heavy atom. The van der Waals surface area contributed by atoms with E-state index in [1.54, 1.807) is 18.2 Å². The largest absolute Gasteiger partial charge is 0.358 e. The van der Waals surface area contributed by atoms with E-state index in [2.05, 4.69) is 10.3 Å². The van der Waals surface area contributed by atoms with Gasteiger partial charge in [0.05, 0.1) is 11.0 Å². The first-order valence-electron chi connectivity index (χ1n) is 5.80. The van der Waals surface area contributed by atoms with Gasteiger partial charge in [0.15, 0.2) is 0 Å². The van der Waals surface area contributed by atoms with Gasteiger partial charge in [-0.05, 0) is 30.7 Å². The number of nitrogens with one attached hydrogen (secondary N) is 1. The van der Waals surface area contributed by atoms with Crippen molar-refractivity contribution in [1.82, 2.24) is 4.98 Å². The molecule has 2 aromatic rings. The van der Waals surface area contributed by atoms with Gasteiger partial charge in [0.25, 0.3) is 0 Å². The van der Waals surface area contributed by atoms with Gasteiger partial charge in [-0.25, -0.2) is 4.98 Å². The Bertz CT molecular complexity index is 649. The molecule has 0 bridgehead atoms. The number of pyridine rings is 1. The molecule has 0 aliphatic rings. The number of anilines is 1. The van der Waals surface area contributed by atoms with E-state index in [-0.39, 0.29) is 17.5 Å². The Labute approximate surface area is 125 Å². The van der Waals surface area contributed by atoms with Crippen LogP contribution in [0.4, 0.5) is 11.5 Å². The molecule has 0 fully saturated rings. The van der Waals surface area contributed by atoms with Gasteiger partial charge in [0, 0.05) is 22.3 Å². The topological polar surface area (TPSA) is 68.1 Å². The maximum Gasteiger partial charge on any atom is 0.311 e. The van der Waals surface area contributed by atoms with Gasteiger partial charge >= 0.3 is 5.69 Å². The number of benzene rings is 1. The van der Waals surface area contributed by atoms with Crippen LogP contribution >= 0.6 is 23.2 Å². The van der Waals surface area contributed by atoms with Gasteiger partial charge in [-0.1, -0.05) is 29.3 Å². The SMILES string of the molecule is CC(Nc1ncccc1[N+](=O)[O-])c1ccc(Cl)cc1Cl. The number of nitro groups is 1. The summed E-state index contributed by atoms with van der Waals surface area (Å²) in [5, 5.41) is 15.0. The fourth-order valence-electron chi connectivity index (χ4n) is 1.79. The van der Waals surface area contributed by atoms with Crippen LogP contribution in [0.15, 0.2) is 36.5 Å². The van der Waals surface area contributed by atoms with Crippen LogP contribution in [0.25, 0.3) is 0 Å². The second kappa shape index (κ2) is 6.07. The Morgan fingerprint density at radius 2 is 2.10 bits per heavy atom. The van der Waals surface area contributed by atoms with Crippen molar-refractivity contribution in [3.8, 4) is 0 Å². The zero-order valence-corrected chi connectivity index (χ0v) is 12.0. The molecule has 1 aromatic carbocycles. The first kappa shape index (κ1) is 14.6. The number of hydrogen-bond acceptors (Lipinski definition) is 4. The van der Waals surface area contributed by atoms with Gasteiger partial charge in [0.2, 0.25) is 5.82 Å². The maximum absolute atomic E-state index is 10.9. The summed E-state index contributed by atoms with van der Waals surface area (Å²) < 4.78 is 0. The van der Waals surface area contributed by atoms with Gasteiger partial charge in [-0.2, -0.15) is 0 Å². The molecular weight excluding hydrogens is 301 g/mol. The average Bonchev–Trinajstić information content (AvgIpc) is 2.38. The van der Waals surface area contributed by atoms with E-state index in [9.17, 15) is 10.1 Å². The predicted octanol–water partition coefficient (Wildman–Crippen LogP) is 4.47. The fraction of sp³-hybridized carbons (Fsp3) is 0.154. The van der Waals surface area contributed by atoms with Crippen molar-refractivity contribution in [3.05, 3.63) is 62.3 Å². The highest BCUT2D eigenvalue weighted by Gasteiger charge is 2.18. The van der Waals surface area contributed by atoms with Crippen LogP contribution in [0.5, 0.6) is 0 Å². The first-order chi connectivity index (χ1) is 9.49. The molecule has 1 unspecified atom stereocenters. The van der Waals surface area contributed by atoms with E-state index < -0.39 is 4.92 Å². The van der Waals surface area contributed by atoms with Crippen LogP contribution in [0, 0.1) is 10.1 Å². The average molecular weight is 312 g/mol. The molecule has 0 radical (unpaired) electrons. The normalized spacial score (nSPS) is 11.9. The smallest absolute Gasteiger partial charge is 0.311 e. The van der Waals surface area contributed by atoms with Crippen LogP contribution < -0.4 is 5.32 Å². The summed E-state index contributed by atoms with van der Waals surface area (Å²) in [6.07, 6.45) is 1.49. The molecule has 0 spiro atoms. The first-order valence-corrected chi connectivity index (χ1v) is 6.55. The van der Waals surface area contributed by atoms with Crippen LogP contribution in [0.1, 0.15) is 18.5 Å². The molecule has 0 aliphatic carbocycles. The number of aromatic nitrogens is 1. The van der Waals surface area contributed by atoms with E-state index in [0.717, 1.165) is 5.56 Å². The Balaban J connectivity index is 2.28. The number of rotatable bonds is 4. The van der Waals surface area contributed by atoms with Crippen molar-refractivity contribution >= 4 is 34.7 Å². The van der Waals surface area contributed by atoms with E-state index in [1.165, 1.54) is 18.3 Å². The highest BCUT2D eigenvalue weighted by Crippen LogP contribution is 2.30. The summed E-state index contributed by atoms with van der Waals surface area (Å²) in [7, 11) is 0. The molecule has 2 rings (SSSR count). The van der Waals surface area contributed by atoms with Crippen molar-refractivity contribution in [2.24, 2.45) is 0 Å². The monoisotopic (exact) mass is 311 g/mol. The van der Waals surface area contributed by atoms with Gasteiger partial charge in [-0.3, -0.25) is 10.1 Å². The van der Waals surface area contributed by atoms with E-state index in [0.29, 0.717) is 10.0 Å². The fourth-order valence-corrected chi connectivity index (χ4v) is 2.36. The van der Waals surface area contributed by atoms with E-state index in [1.807, 2.05) is 6.92 Å². The van der Waals surface area contributed by atoms with Crippen molar-refractivity contribution in [2.45, 2.75) is 13.0 Å². The molecule has 1 aromatic heterocycles. The van der Waals surface area contributed by atoms with Crippen LogP contribution in [-0.2, 0) is 0 Å². The van der Waals surface area contributed by atoms with Crippen LogP contribution in [0.2, 0.25) is 10.0 Å². The minimum absolute atomic E-state index is 0.0792. The highest BCUT2D eigenvalue weighted by molar-refractivity contribution is 6.35. The van der Waals surface area contributed by atoms with Crippen molar-refractivity contribution in [1.29, 1.82) is 0 Å². The standard InChI is InChI=1S/C13H11Cl2N3O2/c1-8(10-5-4-9(14)7-11(10)15)17-13-12(18(19)20)3-2-6-16-13/h2-8H,1H3,(H,16,17). The van der Waals surface area contributed by atoms with Crippen molar-refractivity contribution in [3.63, 3.8) is 0 Å². The van der Waals surface area contributed by atoms with Gasteiger partial charge in [0.1, 0.15) is 0 Å². The second-order valence-corrected chi connectivity index (χ2v) is 5.00. The lowest BCUT2D eigenvalue weighted by Gasteiger charge is -2.16. The number of hydrogen-bond donors (Lipinski definition) is 1. The molecule has 20 heavy (non-hydrogen) atoms. The third-order valence-corrected chi connectivity index (χ3v) is 3.33. The predicted molar refractivity (Wildman–Crippen MR) is 79.4 cm³/mol. The molecule has 5 nitrogen and oxygen atoms in total. The summed E-state index contributed by atoms with van der Waals surface area (Å²) in [5.74, 6) is 0.205. The summed E-state index contributed by atoms with van der Waals surface area (Å²) in [4.78, 5) is 14.4. The van der Waals surface area contributed by atoms with Crippen molar-refractivity contribution in [2.75, 3.05) is 5.32 Å². The number of nitrogens with zero attached hydrogens (tertiary/aromatic N) is 2. The van der Waals surface area contributed by atoms with Crippen LogP contribution in [-0.4, -0.2) is 9.91 Å².